The van der Waals surface area contributed by atoms with Gasteiger partial charge in [0.2, 0.25) is 5.89 Å². The van der Waals surface area contributed by atoms with Gasteiger partial charge in [0.05, 0.1) is 17.3 Å². The number of aliphatic hydroxyl groups is 1. The van der Waals surface area contributed by atoms with Crippen LogP contribution < -0.4 is 15.2 Å². The van der Waals surface area contributed by atoms with E-state index in [1.54, 1.807) is 6.92 Å². The SMILES string of the molecule is Cc1cc(CN(Cc2cn(C3CC3)c3cc(N4CC[C@@H](O)C4)c(F)cc3c2=O)[C@H]2CCCN(c3noc(C)n3)C2)ccn1.Cl. The fourth-order valence-electron chi connectivity index (χ4n) is 6.71. The molecule has 3 aromatic heterocycles. The van der Waals surface area contributed by atoms with E-state index in [-0.39, 0.29) is 23.9 Å². The van der Waals surface area contributed by atoms with Crippen LogP contribution in [0.3, 0.4) is 0 Å². The molecule has 1 aliphatic carbocycles. The van der Waals surface area contributed by atoms with E-state index >= 15 is 4.39 Å². The van der Waals surface area contributed by atoms with E-state index in [0.717, 1.165) is 49.0 Å². The van der Waals surface area contributed by atoms with Gasteiger partial charge in [-0.2, -0.15) is 4.98 Å². The van der Waals surface area contributed by atoms with Crippen molar-refractivity contribution in [1.82, 2.24) is 24.6 Å². The third-order valence-electron chi connectivity index (χ3n) is 9.05. The van der Waals surface area contributed by atoms with Gasteiger partial charge in [0.1, 0.15) is 5.82 Å². The third-order valence-corrected chi connectivity index (χ3v) is 9.05. The minimum absolute atomic E-state index is 0. The van der Waals surface area contributed by atoms with Crippen LogP contribution >= 0.6 is 12.4 Å². The number of benzene rings is 1. The third kappa shape index (κ3) is 6.18. The van der Waals surface area contributed by atoms with E-state index < -0.39 is 11.9 Å². The van der Waals surface area contributed by atoms with Crippen LogP contribution in [-0.2, 0) is 13.1 Å². The van der Waals surface area contributed by atoms with Crippen molar-refractivity contribution >= 4 is 34.9 Å². The van der Waals surface area contributed by atoms with Crippen LogP contribution in [0, 0.1) is 19.7 Å². The van der Waals surface area contributed by atoms with Gasteiger partial charge in [-0.3, -0.25) is 14.7 Å². The Morgan fingerprint density at radius 2 is 1.91 bits per heavy atom. The molecule has 0 unspecified atom stereocenters. The number of piperidine rings is 1. The lowest BCUT2D eigenvalue weighted by atomic mass is 10.0. The Labute approximate surface area is 261 Å². The zero-order valence-corrected chi connectivity index (χ0v) is 26.0. The molecular formula is C32H39ClFN7O3. The first kappa shape index (κ1) is 30.5. The van der Waals surface area contributed by atoms with Crippen molar-refractivity contribution in [1.29, 1.82) is 0 Å². The number of aliphatic hydroxyl groups excluding tert-OH is 1. The van der Waals surface area contributed by atoms with Gasteiger partial charge < -0.3 is 24.0 Å². The highest BCUT2D eigenvalue weighted by atomic mass is 35.5. The van der Waals surface area contributed by atoms with Gasteiger partial charge in [0.15, 0.2) is 5.43 Å². The van der Waals surface area contributed by atoms with Crippen molar-refractivity contribution in [2.45, 2.75) is 77.2 Å². The molecular weight excluding hydrogens is 585 g/mol. The van der Waals surface area contributed by atoms with E-state index in [0.29, 0.717) is 73.7 Å². The summed E-state index contributed by atoms with van der Waals surface area (Å²) in [5, 5.41) is 14.6. The number of nitrogens with zero attached hydrogens (tertiary/aromatic N) is 7. The second-order valence-electron chi connectivity index (χ2n) is 12.4. The Balaban J connectivity index is 0.00000343. The van der Waals surface area contributed by atoms with E-state index in [1.807, 2.05) is 36.4 Å². The highest BCUT2D eigenvalue weighted by Gasteiger charge is 2.31. The minimum atomic E-state index is -0.460. The summed E-state index contributed by atoms with van der Waals surface area (Å²) in [5.74, 6) is 0.718. The van der Waals surface area contributed by atoms with Gasteiger partial charge in [-0.1, -0.05) is 0 Å². The van der Waals surface area contributed by atoms with Crippen molar-refractivity contribution in [3.8, 4) is 0 Å². The quantitative estimate of drug-likeness (QED) is 0.303. The van der Waals surface area contributed by atoms with Crippen LogP contribution in [0.2, 0.25) is 0 Å². The number of hydrogen-bond donors (Lipinski definition) is 1. The average Bonchev–Trinajstić information content (AvgIpc) is 3.60. The maximum Gasteiger partial charge on any atom is 0.266 e. The Morgan fingerprint density at radius 3 is 2.61 bits per heavy atom. The Bertz CT molecular complexity index is 1710. The second kappa shape index (κ2) is 12.5. The lowest BCUT2D eigenvalue weighted by molar-refractivity contribution is 0.157. The average molecular weight is 624 g/mol. The largest absolute Gasteiger partial charge is 0.391 e. The molecule has 3 aliphatic rings. The molecule has 44 heavy (non-hydrogen) atoms. The van der Waals surface area contributed by atoms with Crippen molar-refractivity contribution in [2.24, 2.45) is 0 Å². The maximum absolute atomic E-state index is 15.5. The number of rotatable bonds is 8. The van der Waals surface area contributed by atoms with Gasteiger partial charge in [-0.05, 0) is 74.0 Å². The second-order valence-corrected chi connectivity index (χ2v) is 12.4. The molecule has 0 bridgehead atoms. The van der Waals surface area contributed by atoms with Gasteiger partial charge in [-0.25, -0.2) is 4.39 Å². The summed E-state index contributed by atoms with van der Waals surface area (Å²) in [6, 6.07) is 7.79. The summed E-state index contributed by atoms with van der Waals surface area (Å²) < 4.78 is 23.0. The summed E-state index contributed by atoms with van der Waals surface area (Å²) >= 11 is 0. The number of hydrogen-bond acceptors (Lipinski definition) is 9. The number of anilines is 2. The van der Waals surface area contributed by atoms with Gasteiger partial charge in [-0.15, -0.1) is 12.4 Å². The van der Waals surface area contributed by atoms with Gasteiger partial charge in [0, 0.05) is 87.3 Å². The summed E-state index contributed by atoms with van der Waals surface area (Å²) in [6.07, 6.45) is 8.00. The Hall–Kier alpha value is -3.54. The molecule has 234 valence electrons. The van der Waals surface area contributed by atoms with E-state index in [9.17, 15) is 9.90 Å². The molecule has 10 nitrogen and oxygen atoms in total. The molecule has 3 fully saturated rings. The maximum atomic E-state index is 15.5. The molecule has 1 aromatic carbocycles. The van der Waals surface area contributed by atoms with Gasteiger partial charge in [0.25, 0.3) is 5.95 Å². The number of aryl methyl sites for hydroxylation is 2. The van der Waals surface area contributed by atoms with E-state index in [2.05, 4.69) is 35.6 Å². The van der Waals surface area contributed by atoms with Crippen LogP contribution in [0.5, 0.6) is 0 Å². The molecule has 2 atom stereocenters. The van der Waals surface area contributed by atoms with Gasteiger partial charge >= 0.3 is 0 Å². The topological polar surface area (TPSA) is 104 Å². The minimum Gasteiger partial charge on any atom is -0.391 e. The molecule has 5 heterocycles. The first-order valence-electron chi connectivity index (χ1n) is 15.3. The van der Waals surface area contributed by atoms with Crippen molar-refractivity contribution in [2.75, 3.05) is 36.0 Å². The zero-order chi connectivity index (χ0) is 29.7. The molecule has 0 radical (unpaired) electrons. The first-order chi connectivity index (χ1) is 20.8. The molecule has 7 rings (SSSR count). The predicted octanol–water partition coefficient (Wildman–Crippen LogP) is 4.53. The molecule has 2 aliphatic heterocycles. The van der Waals surface area contributed by atoms with Crippen LogP contribution in [-0.4, -0.2) is 68.0 Å². The number of β-amino-alcohol motifs (C(OH)–C–C–N with tert-alkyl or cyclic N) is 1. The summed E-state index contributed by atoms with van der Waals surface area (Å²) in [7, 11) is 0. The molecule has 1 saturated carbocycles. The fraction of sp³-hybridized carbons (Fsp3) is 0.500. The molecule has 1 N–H and O–H groups in total. The number of fused-ring (bicyclic) bond motifs is 1. The lowest BCUT2D eigenvalue weighted by Crippen LogP contribution is -2.48. The van der Waals surface area contributed by atoms with Crippen LogP contribution in [0.15, 0.2) is 46.0 Å². The predicted molar refractivity (Wildman–Crippen MR) is 169 cm³/mol. The standard InChI is InChI=1S/C32H38FN7O3.ClH/c1-20-12-22(7-9-34-20)15-39(25-4-3-10-38(18-25)32-35-21(2)43-36-32)16-23-17-40(24-5-6-24)29-14-30(37-11-8-26(41)19-37)28(33)13-27(29)31(23)42;/h7,9,12-14,17,24-26,41H,3-6,8,10-11,15-16,18-19H2,1-2H3;1H/t25-,26+;/m0./s1. The van der Waals surface area contributed by atoms with Crippen molar-refractivity contribution in [3.63, 3.8) is 0 Å². The summed E-state index contributed by atoms with van der Waals surface area (Å²) in [6.45, 7) is 7.43. The van der Waals surface area contributed by atoms with Crippen LogP contribution in [0.1, 0.15) is 60.9 Å². The lowest BCUT2D eigenvalue weighted by Gasteiger charge is -2.39. The summed E-state index contributed by atoms with van der Waals surface area (Å²) in [4.78, 5) is 29.3. The zero-order valence-electron chi connectivity index (χ0n) is 25.2. The molecule has 0 amide bonds. The molecule has 2 saturated heterocycles. The number of aromatic nitrogens is 4. The van der Waals surface area contributed by atoms with E-state index in [4.69, 9.17) is 4.52 Å². The number of halogens is 2. The monoisotopic (exact) mass is 623 g/mol. The summed E-state index contributed by atoms with van der Waals surface area (Å²) in [5.41, 5.74) is 3.84. The molecule has 12 heteroatoms. The van der Waals surface area contributed by atoms with E-state index in [1.165, 1.54) is 6.07 Å². The van der Waals surface area contributed by atoms with Crippen LogP contribution in [0.25, 0.3) is 10.9 Å². The Kier molecular flexibility index (Phi) is 8.63. The van der Waals surface area contributed by atoms with Crippen molar-refractivity contribution in [3.05, 3.63) is 75.4 Å². The van der Waals surface area contributed by atoms with Crippen LogP contribution in [0.4, 0.5) is 16.0 Å². The van der Waals surface area contributed by atoms with Crippen molar-refractivity contribution < 1.29 is 14.0 Å². The Morgan fingerprint density at radius 1 is 1.07 bits per heavy atom. The highest BCUT2D eigenvalue weighted by Crippen LogP contribution is 2.38. The normalized spacial score (nSPS) is 20.5. The molecule has 0 spiro atoms. The molecule has 4 aromatic rings. The highest BCUT2D eigenvalue weighted by molar-refractivity contribution is 5.85. The number of pyridine rings is 2. The smallest absolute Gasteiger partial charge is 0.266 e. The first-order valence-corrected chi connectivity index (χ1v) is 15.3. The fourth-order valence-corrected chi connectivity index (χ4v) is 6.71.